The van der Waals surface area contributed by atoms with Gasteiger partial charge in [-0.2, -0.15) is 4.73 Å². The first-order valence-corrected chi connectivity index (χ1v) is 2.48. The van der Waals surface area contributed by atoms with Gasteiger partial charge in [0, 0.05) is 6.07 Å². The molecule has 9 heavy (non-hydrogen) atoms. The first-order chi connectivity index (χ1) is 4.33. The fourth-order valence-electron chi connectivity index (χ4n) is 0.540. The van der Waals surface area contributed by atoms with Crippen molar-refractivity contribution in [3.63, 3.8) is 0 Å². The van der Waals surface area contributed by atoms with Crippen LogP contribution in [0.1, 0.15) is 0 Å². The molecule has 48 valence electrons. The minimum atomic E-state index is 0.604. The molecule has 0 spiro atoms. The Labute approximate surface area is 52.5 Å². The second-order valence-corrected chi connectivity index (χ2v) is 1.60. The van der Waals surface area contributed by atoms with Gasteiger partial charge in [0.2, 0.25) is 6.20 Å². The standard InChI is InChI=1S/C5H7N3O/c6-7-5-2-1-3-8(9)4-5/h1-4,7H,6H2. The summed E-state index contributed by atoms with van der Waals surface area (Å²) in [5.41, 5.74) is 2.95. The fraction of sp³-hybridized carbons (Fsp3) is 0. The van der Waals surface area contributed by atoms with Crippen molar-refractivity contribution in [1.82, 2.24) is 0 Å². The number of hydrogen-bond acceptors (Lipinski definition) is 3. The Bertz CT molecular complexity index is 201. The maximum atomic E-state index is 10.5. The molecule has 0 saturated heterocycles. The van der Waals surface area contributed by atoms with E-state index in [0.29, 0.717) is 10.4 Å². The molecule has 0 saturated carbocycles. The molecule has 1 aromatic rings. The number of rotatable bonds is 1. The minimum absolute atomic E-state index is 0.604. The van der Waals surface area contributed by atoms with E-state index >= 15 is 0 Å². The molecule has 0 bridgehead atoms. The molecule has 0 aliphatic heterocycles. The third-order valence-corrected chi connectivity index (χ3v) is 0.942. The summed E-state index contributed by atoms with van der Waals surface area (Å²) in [7, 11) is 0. The van der Waals surface area contributed by atoms with Crippen LogP contribution in [-0.4, -0.2) is 0 Å². The molecule has 4 heteroatoms. The quantitative estimate of drug-likeness (QED) is 0.232. The smallest absolute Gasteiger partial charge is 0.204 e. The van der Waals surface area contributed by atoms with Crippen LogP contribution in [0.5, 0.6) is 0 Å². The molecule has 3 N–H and O–H groups in total. The Hall–Kier alpha value is -1.29. The molecule has 0 atom stereocenters. The summed E-state index contributed by atoms with van der Waals surface area (Å²) in [6, 6.07) is 3.32. The van der Waals surface area contributed by atoms with Gasteiger partial charge < -0.3 is 10.6 Å². The van der Waals surface area contributed by atoms with E-state index in [-0.39, 0.29) is 0 Å². The lowest BCUT2D eigenvalue weighted by atomic mass is 10.4. The van der Waals surface area contributed by atoms with Gasteiger partial charge in [-0.25, -0.2) is 0 Å². The molecule has 1 rings (SSSR count). The van der Waals surface area contributed by atoms with Crippen molar-refractivity contribution in [2.45, 2.75) is 0 Å². The van der Waals surface area contributed by atoms with Gasteiger partial charge in [0.05, 0.1) is 0 Å². The number of aromatic nitrogens is 1. The van der Waals surface area contributed by atoms with Crippen LogP contribution in [0.25, 0.3) is 0 Å². The molecule has 0 unspecified atom stereocenters. The molecule has 0 radical (unpaired) electrons. The van der Waals surface area contributed by atoms with E-state index < -0.39 is 0 Å². The van der Waals surface area contributed by atoms with Crippen LogP contribution in [0.15, 0.2) is 24.5 Å². The highest BCUT2D eigenvalue weighted by atomic mass is 16.5. The lowest BCUT2D eigenvalue weighted by molar-refractivity contribution is -0.604. The second-order valence-electron chi connectivity index (χ2n) is 1.60. The average molecular weight is 125 g/mol. The van der Waals surface area contributed by atoms with Gasteiger partial charge in [-0.3, -0.25) is 5.84 Å². The summed E-state index contributed by atoms with van der Waals surface area (Å²) >= 11 is 0. The molecular weight excluding hydrogens is 118 g/mol. The minimum Gasteiger partial charge on any atom is -0.619 e. The van der Waals surface area contributed by atoms with Crippen LogP contribution in [0.4, 0.5) is 5.69 Å². The van der Waals surface area contributed by atoms with Crippen LogP contribution in [-0.2, 0) is 0 Å². The highest BCUT2D eigenvalue weighted by Gasteiger charge is 1.89. The zero-order chi connectivity index (χ0) is 6.69. The lowest BCUT2D eigenvalue weighted by Gasteiger charge is -1.97. The van der Waals surface area contributed by atoms with Gasteiger partial charge in [0.15, 0.2) is 6.20 Å². The number of hydrazine groups is 1. The molecule has 0 amide bonds. The van der Waals surface area contributed by atoms with Crippen LogP contribution in [0.3, 0.4) is 0 Å². The number of nitrogens with zero attached hydrogens (tertiary/aromatic N) is 1. The highest BCUT2D eigenvalue weighted by molar-refractivity contribution is 5.35. The van der Waals surface area contributed by atoms with Crippen LogP contribution >= 0.6 is 0 Å². The van der Waals surface area contributed by atoms with Crippen LogP contribution in [0.2, 0.25) is 0 Å². The summed E-state index contributed by atoms with van der Waals surface area (Å²) in [4.78, 5) is 0. The molecule has 1 heterocycles. The predicted molar refractivity (Wildman–Crippen MR) is 33.2 cm³/mol. The normalized spacial score (nSPS) is 9.00. The van der Waals surface area contributed by atoms with Crippen LogP contribution < -0.4 is 16.0 Å². The number of pyridine rings is 1. The maximum absolute atomic E-state index is 10.5. The van der Waals surface area contributed by atoms with Crippen molar-refractivity contribution in [3.8, 4) is 0 Å². The van der Waals surface area contributed by atoms with E-state index in [1.54, 1.807) is 12.1 Å². The summed E-state index contributed by atoms with van der Waals surface area (Å²) in [5.74, 6) is 5.02. The third-order valence-electron chi connectivity index (χ3n) is 0.942. The summed E-state index contributed by atoms with van der Waals surface area (Å²) in [6.45, 7) is 0. The van der Waals surface area contributed by atoms with Crippen molar-refractivity contribution in [3.05, 3.63) is 29.7 Å². The maximum Gasteiger partial charge on any atom is 0.204 e. The molecule has 1 aromatic heterocycles. The number of nitrogens with one attached hydrogen (secondary N) is 1. The van der Waals surface area contributed by atoms with Gasteiger partial charge >= 0.3 is 0 Å². The molecule has 0 aromatic carbocycles. The van der Waals surface area contributed by atoms with Crippen molar-refractivity contribution < 1.29 is 4.73 Å². The van der Waals surface area contributed by atoms with Gasteiger partial charge in [0.1, 0.15) is 5.69 Å². The van der Waals surface area contributed by atoms with Gasteiger partial charge in [-0.05, 0) is 6.07 Å². The Balaban J connectivity index is 2.94. The van der Waals surface area contributed by atoms with Crippen molar-refractivity contribution >= 4 is 5.69 Å². The lowest BCUT2D eigenvalue weighted by Crippen LogP contribution is -2.25. The number of anilines is 1. The van der Waals surface area contributed by atoms with E-state index in [4.69, 9.17) is 5.84 Å². The molecule has 4 nitrogen and oxygen atoms in total. The Morgan fingerprint density at radius 3 is 2.89 bits per heavy atom. The van der Waals surface area contributed by atoms with E-state index in [2.05, 4.69) is 5.43 Å². The first kappa shape index (κ1) is 5.84. The Kier molecular flexibility index (Phi) is 1.51. The molecule has 0 aliphatic carbocycles. The molecular formula is C5H7N3O. The zero-order valence-electron chi connectivity index (χ0n) is 4.74. The van der Waals surface area contributed by atoms with Gasteiger partial charge in [0.25, 0.3) is 0 Å². The van der Waals surface area contributed by atoms with Crippen molar-refractivity contribution in [2.75, 3.05) is 5.43 Å². The van der Waals surface area contributed by atoms with Gasteiger partial charge in [-0.1, -0.05) is 0 Å². The first-order valence-electron chi connectivity index (χ1n) is 2.48. The number of nitrogen functional groups attached to an aromatic ring is 1. The predicted octanol–water partition coefficient (Wildman–Crippen LogP) is -0.394. The zero-order valence-corrected chi connectivity index (χ0v) is 4.74. The van der Waals surface area contributed by atoms with Crippen molar-refractivity contribution in [2.24, 2.45) is 5.84 Å². The topological polar surface area (TPSA) is 65.0 Å². The van der Waals surface area contributed by atoms with Gasteiger partial charge in [-0.15, -0.1) is 0 Å². The summed E-state index contributed by atoms with van der Waals surface area (Å²) in [5, 5.41) is 10.5. The van der Waals surface area contributed by atoms with Crippen molar-refractivity contribution in [1.29, 1.82) is 0 Å². The average Bonchev–Trinajstić information content (AvgIpc) is 1.88. The summed E-state index contributed by atoms with van der Waals surface area (Å²) < 4.78 is 0.676. The number of hydrogen-bond donors (Lipinski definition) is 2. The third kappa shape index (κ3) is 1.30. The molecule has 0 fully saturated rings. The van der Waals surface area contributed by atoms with E-state index in [1.807, 2.05) is 0 Å². The SMILES string of the molecule is NNc1ccc[n+]([O-])c1. The monoisotopic (exact) mass is 125 g/mol. The van der Waals surface area contributed by atoms with Crippen LogP contribution in [0, 0.1) is 5.21 Å². The Morgan fingerprint density at radius 2 is 2.44 bits per heavy atom. The largest absolute Gasteiger partial charge is 0.619 e. The van der Waals surface area contributed by atoms with E-state index in [9.17, 15) is 5.21 Å². The number of nitrogens with two attached hydrogens (primary N) is 1. The fourth-order valence-corrected chi connectivity index (χ4v) is 0.540. The molecule has 0 aliphatic rings. The van der Waals surface area contributed by atoms with E-state index in [0.717, 1.165) is 0 Å². The Morgan fingerprint density at radius 1 is 1.67 bits per heavy atom. The second kappa shape index (κ2) is 2.32. The van der Waals surface area contributed by atoms with E-state index in [1.165, 1.54) is 12.4 Å². The summed E-state index contributed by atoms with van der Waals surface area (Å²) in [6.07, 6.45) is 2.74. The highest BCUT2D eigenvalue weighted by Crippen LogP contribution is 1.96.